The Balaban J connectivity index is 0.000000216. The summed E-state index contributed by atoms with van der Waals surface area (Å²) in [6.07, 6.45) is 1.48. The lowest BCUT2D eigenvalue weighted by Gasteiger charge is -2.24. The Bertz CT molecular complexity index is 2220. The molecule has 56 heavy (non-hydrogen) atoms. The first kappa shape index (κ1) is 40.0. The van der Waals surface area contributed by atoms with Gasteiger partial charge in [0.05, 0.1) is 79.7 Å². The number of amides is 2. The molecule has 0 aliphatic carbocycles. The first-order valence-electron chi connectivity index (χ1n) is 17.1. The highest BCUT2D eigenvalue weighted by Gasteiger charge is 2.31. The number of anilines is 2. The average Bonchev–Trinajstić information content (AvgIpc) is 3.20. The summed E-state index contributed by atoms with van der Waals surface area (Å²) in [5.74, 6) is 1.92. The fourth-order valence-electron chi connectivity index (χ4n) is 6.05. The van der Waals surface area contributed by atoms with Crippen LogP contribution in [0, 0.1) is 20.2 Å². The summed E-state index contributed by atoms with van der Waals surface area (Å²) in [6, 6.07) is 20.0. The molecule has 0 saturated carbocycles. The zero-order chi connectivity index (χ0) is 40.5. The van der Waals surface area contributed by atoms with Crippen LogP contribution >= 0.6 is 0 Å². The van der Waals surface area contributed by atoms with Crippen molar-refractivity contribution in [3.8, 4) is 23.0 Å². The molecule has 2 aliphatic heterocycles. The van der Waals surface area contributed by atoms with Gasteiger partial charge in [-0.3, -0.25) is 29.8 Å². The number of methoxy groups -OCH3 is 4. The number of hydrazone groups is 2. The molecule has 0 spiro atoms. The highest BCUT2D eigenvalue weighted by molar-refractivity contribution is 6.05. The van der Waals surface area contributed by atoms with Crippen molar-refractivity contribution in [3.63, 3.8) is 0 Å². The van der Waals surface area contributed by atoms with Crippen LogP contribution in [0.3, 0.4) is 0 Å². The monoisotopic (exact) mass is 768 g/mol. The van der Waals surface area contributed by atoms with E-state index in [1.165, 1.54) is 31.4 Å². The highest BCUT2D eigenvalue weighted by atomic mass is 16.6. The van der Waals surface area contributed by atoms with E-state index in [1.807, 2.05) is 30.3 Å². The van der Waals surface area contributed by atoms with Crippen LogP contribution in [0.25, 0.3) is 0 Å². The molecular weight excluding hydrogens is 728 g/mol. The minimum atomic E-state index is -0.821. The Hall–Kier alpha value is -7.24. The van der Waals surface area contributed by atoms with Crippen molar-refractivity contribution in [3.05, 3.63) is 115 Å². The number of rotatable bonds is 12. The number of carbonyl (C=O) groups excluding carboxylic acids is 2. The van der Waals surface area contributed by atoms with Crippen molar-refractivity contribution in [1.82, 2.24) is 10.0 Å². The largest absolute Gasteiger partial charge is 0.493 e. The number of benzene rings is 4. The lowest BCUT2D eigenvalue weighted by Crippen LogP contribution is -2.31. The molecule has 0 radical (unpaired) electrons. The number of hydrogen-bond donors (Lipinski definition) is 2. The van der Waals surface area contributed by atoms with E-state index >= 15 is 0 Å². The zero-order valence-corrected chi connectivity index (χ0v) is 31.1. The Labute approximate surface area is 321 Å². The quantitative estimate of drug-likeness (QED) is 0.104. The number of nitrogen functional groups attached to an aromatic ring is 2. The van der Waals surface area contributed by atoms with Gasteiger partial charge in [-0.25, -0.2) is 10.0 Å². The number of carbonyl (C=O) groups is 2. The summed E-state index contributed by atoms with van der Waals surface area (Å²) < 4.78 is 21.1. The van der Waals surface area contributed by atoms with Gasteiger partial charge in [0, 0.05) is 42.9 Å². The molecule has 4 N–H and O–H groups in total. The maximum absolute atomic E-state index is 12.4. The fraction of sp³-hybridized carbons (Fsp3) is 0.263. The van der Waals surface area contributed by atoms with E-state index in [0.717, 1.165) is 27.9 Å². The number of nitro benzene ring substituents is 2. The molecule has 0 aromatic heterocycles. The number of nitrogens with zero attached hydrogens (tertiary/aromatic N) is 6. The van der Waals surface area contributed by atoms with Crippen molar-refractivity contribution in [2.75, 3.05) is 39.9 Å². The molecule has 0 bridgehead atoms. The van der Waals surface area contributed by atoms with Crippen molar-refractivity contribution < 1.29 is 38.4 Å². The topological polar surface area (TPSA) is 241 Å². The number of nitro groups is 2. The van der Waals surface area contributed by atoms with Crippen LogP contribution in [0.1, 0.15) is 47.9 Å². The summed E-state index contributed by atoms with van der Waals surface area (Å²) in [5, 5.41) is 34.0. The van der Waals surface area contributed by atoms with Crippen molar-refractivity contribution in [2.24, 2.45) is 10.2 Å². The molecule has 0 fully saturated rings. The molecular formula is C38H40N8O10. The number of ether oxygens (including phenoxy) is 4. The Morgan fingerprint density at radius 1 is 0.625 bits per heavy atom. The molecule has 4 aromatic rings. The predicted octanol–water partition coefficient (Wildman–Crippen LogP) is 5.44. The molecule has 292 valence electrons. The lowest BCUT2D eigenvalue weighted by molar-refractivity contribution is -0.423. The summed E-state index contributed by atoms with van der Waals surface area (Å²) in [5.41, 5.74) is 15.4. The normalized spacial score (nSPS) is 13.9. The third-order valence-corrected chi connectivity index (χ3v) is 8.99. The second-order valence-electron chi connectivity index (χ2n) is 12.4. The summed E-state index contributed by atoms with van der Waals surface area (Å²) >= 11 is 0. The van der Waals surface area contributed by atoms with Crippen LogP contribution in [0.5, 0.6) is 23.0 Å². The van der Waals surface area contributed by atoms with Gasteiger partial charge in [-0.1, -0.05) is 18.2 Å². The maximum atomic E-state index is 12.4. The first-order chi connectivity index (χ1) is 26.9. The van der Waals surface area contributed by atoms with Crippen LogP contribution in [0.2, 0.25) is 0 Å². The Morgan fingerprint density at radius 2 is 1.09 bits per heavy atom. The van der Waals surface area contributed by atoms with Gasteiger partial charge in [0.2, 0.25) is 11.8 Å². The van der Waals surface area contributed by atoms with Crippen LogP contribution < -0.4 is 30.4 Å². The smallest absolute Gasteiger partial charge is 0.351 e. The van der Waals surface area contributed by atoms with Gasteiger partial charge in [-0.05, 0) is 54.1 Å². The zero-order valence-electron chi connectivity index (χ0n) is 31.1. The fourth-order valence-corrected chi connectivity index (χ4v) is 6.05. The Kier molecular flexibility index (Phi) is 12.6. The maximum Gasteiger partial charge on any atom is 0.351 e. The standard InChI is InChI=1S/C19H18N4O7.C19H22N4O3/c1-29-16-8-6-12(10-17(16)30-2)14-7-9-18(24)21(20-14)11-13-4-3-5-15(22(25)26)19(13)23(27)28;1-25-16-8-6-12(10-17(16)26-2)15-7-9-18(24)23(22-15)11-13-4-3-5-14(20)19(13)21/h3-6,8,10H,7,9,11H2,1-2H3;3-6,8,10H,7,9,11,20-21H2,1-2H3. The Morgan fingerprint density at radius 3 is 1.55 bits per heavy atom. The van der Waals surface area contributed by atoms with E-state index in [9.17, 15) is 29.8 Å². The molecule has 0 atom stereocenters. The van der Waals surface area contributed by atoms with E-state index in [1.54, 1.807) is 38.5 Å². The van der Waals surface area contributed by atoms with Crippen molar-refractivity contribution in [1.29, 1.82) is 0 Å². The van der Waals surface area contributed by atoms with Gasteiger partial charge in [0.15, 0.2) is 23.0 Å². The van der Waals surface area contributed by atoms with Crippen LogP contribution in [0.4, 0.5) is 22.7 Å². The molecule has 18 heteroatoms. The minimum Gasteiger partial charge on any atom is -0.493 e. The van der Waals surface area contributed by atoms with Gasteiger partial charge >= 0.3 is 11.4 Å². The van der Waals surface area contributed by atoms with Gasteiger partial charge in [0.25, 0.3) is 0 Å². The summed E-state index contributed by atoms with van der Waals surface area (Å²) in [7, 11) is 6.19. The minimum absolute atomic E-state index is 0.0276. The third kappa shape index (κ3) is 8.92. The van der Waals surface area contributed by atoms with Gasteiger partial charge in [-0.2, -0.15) is 10.2 Å². The van der Waals surface area contributed by atoms with Gasteiger partial charge in [-0.15, -0.1) is 0 Å². The van der Waals surface area contributed by atoms with Crippen LogP contribution in [-0.2, 0) is 22.7 Å². The second-order valence-corrected chi connectivity index (χ2v) is 12.4. The average molecular weight is 769 g/mol. The van der Waals surface area contributed by atoms with E-state index in [2.05, 4.69) is 10.2 Å². The third-order valence-electron chi connectivity index (χ3n) is 8.99. The number of hydrogen-bond acceptors (Lipinski definition) is 14. The summed E-state index contributed by atoms with van der Waals surface area (Å²) in [6.45, 7) is 0.0279. The molecule has 18 nitrogen and oxygen atoms in total. The highest BCUT2D eigenvalue weighted by Crippen LogP contribution is 2.34. The molecule has 4 aromatic carbocycles. The van der Waals surface area contributed by atoms with E-state index < -0.39 is 21.2 Å². The lowest BCUT2D eigenvalue weighted by atomic mass is 10.0. The van der Waals surface area contributed by atoms with Crippen molar-refractivity contribution in [2.45, 2.75) is 38.8 Å². The molecule has 2 aliphatic rings. The number of nitrogens with two attached hydrogens (primary N) is 2. The molecule has 2 heterocycles. The van der Waals surface area contributed by atoms with Crippen molar-refractivity contribution >= 4 is 46.0 Å². The van der Waals surface area contributed by atoms with Crippen LogP contribution in [0.15, 0.2) is 83.0 Å². The first-order valence-corrected chi connectivity index (χ1v) is 17.1. The van der Waals surface area contributed by atoms with E-state index in [0.29, 0.717) is 64.9 Å². The molecule has 2 amide bonds. The molecule has 0 unspecified atom stereocenters. The number of para-hydroxylation sites is 2. The van der Waals surface area contributed by atoms with E-state index in [-0.39, 0.29) is 36.9 Å². The van der Waals surface area contributed by atoms with Crippen LogP contribution in [-0.4, -0.2) is 71.5 Å². The molecule has 6 rings (SSSR count). The van der Waals surface area contributed by atoms with E-state index in [4.69, 9.17) is 30.4 Å². The SMILES string of the molecule is COc1ccc(C2=NN(Cc3cccc(N)c3N)C(=O)CC2)cc1OC.COc1ccc(C2=NN(Cc3cccc([N+](=O)[O-])c3[N+](=O)[O-])C(=O)CC2)cc1OC. The molecule has 0 saturated heterocycles. The van der Waals surface area contributed by atoms with Gasteiger partial charge in [0.1, 0.15) is 0 Å². The van der Waals surface area contributed by atoms with Gasteiger partial charge < -0.3 is 30.4 Å². The predicted molar refractivity (Wildman–Crippen MR) is 207 cm³/mol. The summed E-state index contributed by atoms with van der Waals surface area (Å²) in [4.78, 5) is 45.6. The second kappa shape index (κ2) is 17.7.